The summed E-state index contributed by atoms with van der Waals surface area (Å²) in [6.07, 6.45) is -0.558. The molecule has 0 radical (unpaired) electrons. The van der Waals surface area contributed by atoms with Crippen LogP contribution in [0.1, 0.15) is 18.1 Å². The molecule has 0 spiro atoms. The van der Waals surface area contributed by atoms with Crippen LogP contribution in [0, 0.1) is 18.3 Å². The highest BCUT2D eigenvalue weighted by Gasteiger charge is 2.17. The van der Waals surface area contributed by atoms with Crippen molar-refractivity contribution in [3.05, 3.63) is 29.3 Å². The number of rotatable bonds is 3. The first kappa shape index (κ1) is 13.0. The van der Waals surface area contributed by atoms with Gasteiger partial charge in [0.15, 0.2) is 6.10 Å². The predicted octanol–water partition coefficient (Wildman–Crippen LogP) is 1.72. The van der Waals surface area contributed by atoms with Crippen molar-refractivity contribution >= 4 is 5.91 Å². The monoisotopic (exact) mass is 232 g/mol. The van der Waals surface area contributed by atoms with Crippen molar-refractivity contribution in [1.29, 1.82) is 5.26 Å². The van der Waals surface area contributed by atoms with Crippen molar-refractivity contribution in [2.75, 3.05) is 14.1 Å². The minimum atomic E-state index is -0.558. The molecule has 0 fully saturated rings. The summed E-state index contributed by atoms with van der Waals surface area (Å²) in [7, 11) is 3.36. The molecule has 1 rings (SSSR count). The summed E-state index contributed by atoms with van der Waals surface area (Å²) in [5, 5.41) is 8.80. The maximum atomic E-state index is 11.6. The highest BCUT2D eigenvalue weighted by atomic mass is 16.5. The highest BCUT2D eigenvalue weighted by molar-refractivity contribution is 5.80. The maximum Gasteiger partial charge on any atom is 0.262 e. The molecule has 0 aliphatic carbocycles. The van der Waals surface area contributed by atoms with Crippen LogP contribution in [-0.4, -0.2) is 31.0 Å². The molecule has 0 aromatic heterocycles. The largest absolute Gasteiger partial charge is 0.481 e. The summed E-state index contributed by atoms with van der Waals surface area (Å²) in [4.78, 5) is 13.1. The SMILES string of the molecule is Cc1ccc(C#N)cc1OC(C)C(=O)N(C)C. The standard InChI is InChI=1S/C13H16N2O2/c1-9-5-6-11(8-14)7-12(9)17-10(2)13(16)15(3)4/h5-7,10H,1-4H3. The summed E-state index contributed by atoms with van der Waals surface area (Å²) >= 11 is 0. The van der Waals surface area contributed by atoms with Gasteiger partial charge in [0, 0.05) is 14.1 Å². The smallest absolute Gasteiger partial charge is 0.262 e. The first-order valence-corrected chi connectivity index (χ1v) is 5.34. The maximum absolute atomic E-state index is 11.6. The molecule has 1 unspecified atom stereocenters. The van der Waals surface area contributed by atoms with Gasteiger partial charge in [0.25, 0.3) is 5.91 Å². The summed E-state index contributed by atoms with van der Waals surface area (Å²) in [5.41, 5.74) is 1.43. The van der Waals surface area contributed by atoms with Crippen molar-refractivity contribution in [2.24, 2.45) is 0 Å². The van der Waals surface area contributed by atoms with Crippen LogP contribution in [0.4, 0.5) is 0 Å². The zero-order valence-corrected chi connectivity index (χ0v) is 10.5. The summed E-state index contributed by atoms with van der Waals surface area (Å²) in [6.45, 7) is 3.57. The van der Waals surface area contributed by atoms with Gasteiger partial charge >= 0.3 is 0 Å². The van der Waals surface area contributed by atoms with E-state index in [2.05, 4.69) is 0 Å². The molecule has 1 aromatic rings. The number of aryl methyl sites for hydroxylation is 1. The number of ether oxygens (including phenoxy) is 1. The fourth-order valence-corrected chi connectivity index (χ4v) is 1.40. The van der Waals surface area contributed by atoms with Gasteiger partial charge in [-0.1, -0.05) is 6.07 Å². The summed E-state index contributed by atoms with van der Waals surface area (Å²) < 4.78 is 5.57. The van der Waals surface area contributed by atoms with Crippen LogP contribution < -0.4 is 4.74 Å². The average molecular weight is 232 g/mol. The van der Waals surface area contributed by atoms with Gasteiger partial charge in [0.2, 0.25) is 0 Å². The molecule has 1 amide bonds. The van der Waals surface area contributed by atoms with Gasteiger partial charge in [-0.15, -0.1) is 0 Å². The molecule has 0 saturated heterocycles. The molecular weight excluding hydrogens is 216 g/mol. The van der Waals surface area contributed by atoms with E-state index in [1.165, 1.54) is 4.90 Å². The van der Waals surface area contributed by atoms with E-state index >= 15 is 0 Å². The molecule has 0 aliphatic heterocycles. The van der Waals surface area contributed by atoms with E-state index in [0.29, 0.717) is 11.3 Å². The number of benzene rings is 1. The molecule has 90 valence electrons. The fraction of sp³-hybridized carbons (Fsp3) is 0.385. The second-order valence-electron chi connectivity index (χ2n) is 4.08. The van der Waals surface area contributed by atoms with Gasteiger partial charge in [-0.2, -0.15) is 5.26 Å². The third-order valence-electron chi connectivity index (χ3n) is 2.41. The third-order valence-corrected chi connectivity index (χ3v) is 2.41. The van der Waals surface area contributed by atoms with E-state index < -0.39 is 6.10 Å². The van der Waals surface area contributed by atoms with E-state index in [1.807, 2.05) is 13.0 Å². The molecule has 1 aromatic carbocycles. The van der Waals surface area contributed by atoms with Gasteiger partial charge in [0.1, 0.15) is 5.75 Å². The average Bonchev–Trinajstić information content (AvgIpc) is 2.30. The molecule has 0 bridgehead atoms. The lowest BCUT2D eigenvalue weighted by atomic mass is 10.1. The van der Waals surface area contributed by atoms with Gasteiger partial charge in [0.05, 0.1) is 11.6 Å². The van der Waals surface area contributed by atoms with Crippen LogP contribution in [0.15, 0.2) is 18.2 Å². The number of carbonyl (C=O) groups is 1. The van der Waals surface area contributed by atoms with Crippen molar-refractivity contribution in [3.8, 4) is 11.8 Å². The van der Waals surface area contributed by atoms with Gasteiger partial charge in [-0.05, 0) is 31.5 Å². The molecule has 0 saturated carbocycles. The quantitative estimate of drug-likeness (QED) is 0.797. The molecule has 0 aliphatic rings. The molecule has 1 atom stereocenters. The van der Waals surface area contributed by atoms with Crippen LogP contribution >= 0.6 is 0 Å². The molecule has 4 heteroatoms. The Balaban J connectivity index is 2.88. The zero-order valence-electron chi connectivity index (χ0n) is 10.5. The summed E-state index contributed by atoms with van der Waals surface area (Å²) in [5.74, 6) is 0.471. The summed E-state index contributed by atoms with van der Waals surface area (Å²) in [6, 6.07) is 7.22. The lowest BCUT2D eigenvalue weighted by Gasteiger charge is -2.19. The molecule has 4 nitrogen and oxygen atoms in total. The number of likely N-dealkylation sites (N-methyl/N-ethyl adjacent to an activating group) is 1. The van der Waals surface area contributed by atoms with E-state index in [1.54, 1.807) is 39.2 Å². The Hall–Kier alpha value is -2.02. The van der Waals surface area contributed by atoms with Crippen molar-refractivity contribution in [3.63, 3.8) is 0 Å². The second kappa shape index (κ2) is 5.35. The van der Waals surface area contributed by atoms with Crippen molar-refractivity contribution in [2.45, 2.75) is 20.0 Å². The molecule has 17 heavy (non-hydrogen) atoms. The van der Waals surface area contributed by atoms with Crippen molar-refractivity contribution in [1.82, 2.24) is 4.90 Å². The van der Waals surface area contributed by atoms with Gasteiger partial charge in [-0.25, -0.2) is 0 Å². The van der Waals surface area contributed by atoms with Crippen LogP contribution in [0.25, 0.3) is 0 Å². The topological polar surface area (TPSA) is 53.3 Å². The number of nitriles is 1. The minimum Gasteiger partial charge on any atom is -0.481 e. The van der Waals surface area contributed by atoms with Gasteiger partial charge < -0.3 is 9.64 Å². The van der Waals surface area contributed by atoms with Crippen LogP contribution in [0.3, 0.4) is 0 Å². The highest BCUT2D eigenvalue weighted by Crippen LogP contribution is 2.20. The molecule has 0 N–H and O–H groups in total. The number of hydrogen-bond acceptors (Lipinski definition) is 3. The van der Waals surface area contributed by atoms with E-state index in [4.69, 9.17) is 10.00 Å². The van der Waals surface area contributed by atoms with Crippen LogP contribution in [-0.2, 0) is 4.79 Å². The molecular formula is C13H16N2O2. The second-order valence-corrected chi connectivity index (χ2v) is 4.08. The van der Waals surface area contributed by atoms with E-state index in [-0.39, 0.29) is 5.91 Å². The number of amides is 1. The first-order chi connectivity index (χ1) is 7.95. The van der Waals surface area contributed by atoms with Gasteiger partial charge in [-0.3, -0.25) is 4.79 Å². The lowest BCUT2D eigenvalue weighted by Crippen LogP contribution is -2.35. The lowest BCUT2D eigenvalue weighted by molar-refractivity contribution is -0.135. The van der Waals surface area contributed by atoms with Crippen molar-refractivity contribution < 1.29 is 9.53 Å². The Labute approximate surface area is 101 Å². The Kier molecular flexibility index (Phi) is 4.11. The Morgan fingerprint density at radius 1 is 1.47 bits per heavy atom. The van der Waals surface area contributed by atoms with E-state index in [9.17, 15) is 4.79 Å². The van der Waals surface area contributed by atoms with Crippen LogP contribution in [0.2, 0.25) is 0 Å². The third kappa shape index (κ3) is 3.22. The van der Waals surface area contributed by atoms with Crippen LogP contribution in [0.5, 0.6) is 5.75 Å². The molecule has 0 heterocycles. The fourth-order valence-electron chi connectivity index (χ4n) is 1.40. The number of carbonyl (C=O) groups excluding carboxylic acids is 1. The Morgan fingerprint density at radius 3 is 2.65 bits per heavy atom. The Morgan fingerprint density at radius 2 is 2.12 bits per heavy atom. The minimum absolute atomic E-state index is 0.105. The van der Waals surface area contributed by atoms with E-state index in [0.717, 1.165) is 5.56 Å². The first-order valence-electron chi connectivity index (χ1n) is 5.34. The number of nitrogens with zero attached hydrogens (tertiary/aromatic N) is 2. The zero-order chi connectivity index (χ0) is 13.0. The normalized spacial score (nSPS) is 11.5. The Bertz CT molecular complexity index is 461. The predicted molar refractivity (Wildman–Crippen MR) is 64.7 cm³/mol. The number of hydrogen-bond donors (Lipinski definition) is 0.